The van der Waals surface area contributed by atoms with Crippen molar-refractivity contribution in [1.29, 1.82) is 0 Å². The SMILES string of the molecule is CN1CC[C@]23c4c5ccc(O[Si](c6ccccc6)(c6ccccc6)C(C)(C)C)c4O[C@H]2[C@@H](O[Si](c2ccccc2)(c2ccccc2)C(C)(C)C)C=C[C@H]3[C@H]1C5. The molecule has 0 amide bonds. The Balaban J connectivity index is 1.23. The van der Waals surface area contributed by atoms with Crippen LogP contribution in [0.25, 0.3) is 0 Å². The summed E-state index contributed by atoms with van der Waals surface area (Å²) in [7, 11) is -3.53. The first kappa shape index (κ1) is 36.4. The average molecular weight is 762 g/mol. The topological polar surface area (TPSA) is 30.9 Å². The van der Waals surface area contributed by atoms with Gasteiger partial charge in [-0.15, -0.1) is 0 Å². The van der Waals surface area contributed by atoms with Gasteiger partial charge in [-0.3, -0.25) is 0 Å². The minimum Gasteiger partial charge on any atom is -0.531 e. The number of benzene rings is 5. The van der Waals surface area contributed by atoms with E-state index in [1.54, 1.807) is 0 Å². The van der Waals surface area contributed by atoms with Gasteiger partial charge in [0.15, 0.2) is 5.75 Å². The molecule has 4 aliphatic rings. The van der Waals surface area contributed by atoms with Crippen molar-refractivity contribution in [2.75, 3.05) is 13.6 Å². The van der Waals surface area contributed by atoms with Gasteiger partial charge in [0, 0.05) is 22.9 Å². The van der Waals surface area contributed by atoms with E-state index in [0.29, 0.717) is 12.0 Å². The first-order chi connectivity index (χ1) is 26.4. The molecule has 9 rings (SSSR count). The van der Waals surface area contributed by atoms with Crippen LogP contribution >= 0.6 is 0 Å². The van der Waals surface area contributed by atoms with E-state index >= 15 is 0 Å². The zero-order valence-corrected chi connectivity index (χ0v) is 35.5. The monoisotopic (exact) mass is 761 g/mol. The number of likely N-dealkylation sites (N-methyl/N-ethyl adjacent to an activating group) is 1. The molecule has 0 unspecified atom stereocenters. The minimum atomic E-state index is -2.94. The Labute approximate surface area is 330 Å². The summed E-state index contributed by atoms with van der Waals surface area (Å²) in [4.78, 5) is 2.59. The van der Waals surface area contributed by atoms with E-state index in [1.165, 1.54) is 31.9 Å². The minimum absolute atomic E-state index is 0.159. The molecule has 282 valence electrons. The van der Waals surface area contributed by atoms with E-state index in [-0.39, 0.29) is 27.7 Å². The Hall–Kier alpha value is -4.21. The molecule has 2 aliphatic carbocycles. The Morgan fingerprint density at radius 2 is 1.13 bits per heavy atom. The molecule has 1 fully saturated rings. The van der Waals surface area contributed by atoms with Crippen molar-refractivity contribution in [2.45, 2.75) is 88.1 Å². The molecule has 0 radical (unpaired) electrons. The van der Waals surface area contributed by atoms with Crippen molar-refractivity contribution in [2.24, 2.45) is 5.92 Å². The van der Waals surface area contributed by atoms with E-state index in [1.807, 2.05) is 0 Å². The van der Waals surface area contributed by atoms with Gasteiger partial charge in [0.05, 0.1) is 0 Å². The van der Waals surface area contributed by atoms with Crippen molar-refractivity contribution in [3.8, 4) is 11.5 Å². The van der Waals surface area contributed by atoms with E-state index < -0.39 is 16.6 Å². The first-order valence-corrected chi connectivity index (χ1v) is 24.0. The highest BCUT2D eigenvalue weighted by Gasteiger charge is 2.66. The van der Waals surface area contributed by atoms with Crippen molar-refractivity contribution in [1.82, 2.24) is 4.90 Å². The van der Waals surface area contributed by atoms with E-state index in [0.717, 1.165) is 30.9 Å². The van der Waals surface area contributed by atoms with Crippen LogP contribution in [0.4, 0.5) is 0 Å². The molecule has 2 heterocycles. The summed E-state index contributed by atoms with van der Waals surface area (Å²) >= 11 is 0. The molecule has 5 aromatic rings. The van der Waals surface area contributed by atoms with Gasteiger partial charge in [0.1, 0.15) is 18.0 Å². The summed E-state index contributed by atoms with van der Waals surface area (Å²) in [5.74, 6) is 2.15. The van der Waals surface area contributed by atoms with Crippen molar-refractivity contribution >= 4 is 37.4 Å². The summed E-state index contributed by atoms with van der Waals surface area (Å²) in [5, 5.41) is 4.77. The summed E-state index contributed by atoms with van der Waals surface area (Å²) < 4.78 is 23.5. The van der Waals surface area contributed by atoms with Gasteiger partial charge in [-0.2, -0.15) is 0 Å². The van der Waals surface area contributed by atoms with E-state index in [2.05, 4.69) is 199 Å². The molecule has 5 atom stereocenters. The zero-order valence-electron chi connectivity index (χ0n) is 33.5. The van der Waals surface area contributed by atoms with Crippen molar-refractivity contribution in [3.63, 3.8) is 0 Å². The van der Waals surface area contributed by atoms with Gasteiger partial charge >= 0.3 is 8.32 Å². The number of ether oxygens (including phenoxy) is 1. The molecule has 2 bridgehead atoms. The maximum atomic E-state index is 8.00. The molecular weight excluding hydrogens is 707 g/mol. The number of hydrogen-bond acceptors (Lipinski definition) is 4. The van der Waals surface area contributed by atoms with Crippen LogP contribution in [0.15, 0.2) is 146 Å². The second kappa shape index (κ2) is 13.2. The lowest BCUT2D eigenvalue weighted by Crippen LogP contribution is -2.71. The maximum Gasteiger partial charge on any atom is 0.320 e. The van der Waals surface area contributed by atoms with Gasteiger partial charge in [-0.25, -0.2) is 0 Å². The lowest BCUT2D eigenvalue weighted by molar-refractivity contribution is -0.0405. The van der Waals surface area contributed by atoms with Crippen LogP contribution < -0.4 is 29.9 Å². The van der Waals surface area contributed by atoms with Crippen LogP contribution in [-0.4, -0.2) is 53.4 Å². The van der Waals surface area contributed by atoms with Crippen molar-refractivity contribution < 1.29 is 13.6 Å². The molecule has 0 aromatic heterocycles. The standard InChI is InChI=1S/C49H55NO3Si2/c1-47(2,3)54(36-20-12-8-13-21-36,37-22-14-9-15-23-37)52-42-30-28-35-34-41-40-29-31-43(46-49(40,32-33-50(41)7)44(35)45(42)51-46)53-55(48(4,5)6,38-24-16-10-17-25-38)39-26-18-11-19-27-39/h8-31,40-41,43,46H,32-34H2,1-7H3/t40-,41+,43-,46-,49-/m0/s1. The van der Waals surface area contributed by atoms with Gasteiger partial charge in [0.2, 0.25) is 0 Å². The lowest BCUT2D eigenvalue weighted by Gasteiger charge is -2.58. The van der Waals surface area contributed by atoms with Gasteiger partial charge in [0.25, 0.3) is 8.32 Å². The van der Waals surface area contributed by atoms with E-state index in [4.69, 9.17) is 13.6 Å². The quantitative estimate of drug-likeness (QED) is 0.119. The normalized spacial score (nSPS) is 24.6. The molecular formula is C49H55NO3Si2. The third-order valence-corrected chi connectivity index (χ3v) is 23.5. The summed E-state index contributed by atoms with van der Waals surface area (Å²) in [6.45, 7) is 15.2. The number of hydrogen-bond donors (Lipinski definition) is 0. The second-order valence-electron chi connectivity index (χ2n) is 18.4. The fraction of sp³-hybridized carbons (Fsp3) is 0.347. The summed E-state index contributed by atoms with van der Waals surface area (Å²) in [6, 6.07) is 49.1. The summed E-state index contributed by atoms with van der Waals surface area (Å²) in [6.07, 6.45) is 6.51. The zero-order chi connectivity index (χ0) is 38.2. The predicted molar refractivity (Wildman–Crippen MR) is 231 cm³/mol. The smallest absolute Gasteiger partial charge is 0.320 e. The van der Waals surface area contributed by atoms with Gasteiger partial charge < -0.3 is 18.5 Å². The van der Waals surface area contributed by atoms with Crippen LogP contribution in [0.1, 0.15) is 59.1 Å². The van der Waals surface area contributed by atoms with E-state index in [9.17, 15) is 0 Å². The summed E-state index contributed by atoms with van der Waals surface area (Å²) in [5.41, 5.74) is 2.57. The molecule has 55 heavy (non-hydrogen) atoms. The highest BCUT2D eigenvalue weighted by molar-refractivity contribution is 7.00. The Bertz CT molecular complexity index is 2120. The Morgan fingerprint density at radius 1 is 0.636 bits per heavy atom. The highest BCUT2D eigenvalue weighted by atomic mass is 28.4. The third-order valence-electron chi connectivity index (χ3n) is 13.5. The number of nitrogens with zero attached hydrogens (tertiary/aromatic N) is 1. The highest BCUT2D eigenvalue weighted by Crippen LogP contribution is 2.63. The number of rotatable bonds is 8. The predicted octanol–water partition coefficient (Wildman–Crippen LogP) is 8.02. The average Bonchev–Trinajstić information content (AvgIpc) is 3.54. The van der Waals surface area contributed by atoms with Gasteiger partial charge in [-0.05, 0) is 68.9 Å². The molecule has 4 nitrogen and oxygen atoms in total. The lowest BCUT2D eigenvalue weighted by atomic mass is 9.53. The van der Waals surface area contributed by atoms with Crippen LogP contribution in [0, 0.1) is 5.92 Å². The second-order valence-corrected chi connectivity index (χ2v) is 26.9. The molecule has 1 saturated heterocycles. The van der Waals surface area contributed by atoms with Crippen LogP contribution in [-0.2, 0) is 16.3 Å². The van der Waals surface area contributed by atoms with Crippen molar-refractivity contribution in [3.05, 3.63) is 157 Å². The molecule has 6 heteroatoms. The largest absolute Gasteiger partial charge is 0.531 e. The Morgan fingerprint density at radius 3 is 1.62 bits per heavy atom. The molecule has 0 N–H and O–H groups in total. The Kier molecular flexibility index (Phi) is 8.74. The number of piperidine rings is 1. The maximum absolute atomic E-state index is 8.00. The molecule has 2 aliphatic heterocycles. The molecule has 0 saturated carbocycles. The molecule has 1 spiro atoms. The fourth-order valence-corrected chi connectivity index (χ4v) is 20.1. The third kappa shape index (κ3) is 5.35. The van der Waals surface area contributed by atoms with Crippen LogP contribution in [0.3, 0.4) is 0 Å². The van der Waals surface area contributed by atoms with Crippen LogP contribution in [0.5, 0.6) is 11.5 Å². The van der Waals surface area contributed by atoms with Gasteiger partial charge in [-0.1, -0.05) is 181 Å². The first-order valence-electron chi connectivity index (χ1n) is 20.2. The molecule has 5 aromatic carbocycles. The number of likely N-dealkylation sites (tertiary alicyclic amines) is 1. The fourth-order valence-electron chi connectivity index (χ4n) is 11.1. The van der Waals surface area contributed by atoms with Crippen LogP contribution in [0.2, 0.25) is 10.1 Å².